The molecular weight excluding hydrogens is 563 g/mol. The van der Waals surface area contributed by atoms with E-state index in [0.29, 0.717) is 72.0 Å². The van der Waals surface area contributed by atoms with Gasteiger partial charge in [0, 0.05) is 0 Å². The van der Waals surface area contributed by atoms with Crippen LogP contribution in [0.15, 0.2) is 0 Å². The van der Waals surface area contributed by atoms with Gasteiger partial charge in [-0.2, -0.15) is 0 Å². The fraction of sp³-hybridized carbons (Fsp3) is 1.00. The third-order valence-electron chi connectivity index (χ3n) is 13.6. The fourth-order valence-electron chi connectivity index (χ4n) is 11.7. The summed E-state index contributed by atoms with van der Waals surface area (Å²) in [6.45, 7) is 0. The number of rotatable bonds is 0. The van der Waals surface area contributed by atoms with Gasteiger partial charge in [0.25, 0.3) is 0 Å². The van der Waals surface area contributed by atoms with Crippen LogP contribution in [0, 0.1) is 47.3 Å². The van der Waals surface area contributed by atoms with Crippen molar-refractivity contribution in [2.24, 2.45) is 47.3 Å². The SMILES string of the molecule is C1CCC2C3[N-]C(NC4NC(NC5[N-]C(NC6NC(N3)C3CCCCC63)C3CCCCC53)C3CCCCC43)C2C1.[O]=[V+2]. The average molecular weight is 618 g/mol. The van der Waals surface area contributed by atoms with Crippen LogP contribution in [0.4, 0.5) is 0 Å². The molecule has 9 nitrogen and oxygen atoms in total. The molecule has 6 N–H and O–H groups in total. The van der Waals surface area contributed by atoms with Crippen LogP contribution in [0.5, 0.6) is 0 Å². The Hall–Kier alpha value is 0.0644. The molecule has 0 spiro atoms. The van der Waals surface area contributed by atoms with Gasteiger partial charge in [0.05, 0.1) is 24.7 Å². The minimum absolute atomic E-state index is 0.287. The van der Waals surface area contributed by atoms with E-state index < -0.39 is 0 Å². The Morgan fingerprint density at radius 3 is 0.786 bits per heavy atom. The molecule has 0 aromatic rings. The van der Waals surface area contributed by atoms with Gasteiger partial charge in [-0.05, 0) is 73.0 Å². The van der Waals surface area contributed by atoms with E-state index in [0.717, 1.165) is 17.4 Å². The zero-order valence-corrected chi connectivity index (χ0v) is 26.7. The second-order valence-electron chi connectivity index (χ2n) is 15.4. The molecule has 233 valence electrons. The van der Waals surface area contributed by atoms with E-state index in [4.69, 9.17) is 14.3 Å². The van der Waals surface area contributed by atoms with E-state index in [2.05, 4.69) is 31.9 Å². The minimum atomic E-state index is 0.287. The van der Waals surface area contributed by atoms with Crippen molar-refractivity contribution in [1.82, 2.24) is 31.9 Å². The van der Waals surface area contributed by atoms with Crippen molar-refractivity contribution in [1.29, 1.82) is 0 Å². The van der Waals surface area contributed by atoms with Crippen molar-refractivity contribution in [2.75, 3.05) is 0 Å². The van der Waals surface area contributed by atoms with Gasteiger partial charge in [-0.15, -0.1) is 0 Å². The molecule has 9 aliphatic rings. The van der Waals surface area contributed by atoms with Crippen LogP contribution in [-0.4, -0.2) is 49.3 Å². The maximum atomic E-state index is 8.19. The molecule has 4 saturated carbocycles. The van der Waals surface area contributed by atoms with E-state index in [-0.39, 0.29) is 24.7 Å². The van der Waals surface area contributed by atoms with E-state index in [9.17, 15) is 0 Å². The van der Waals surface area contributed by atoms with Crippen molar-refractivity contribution in [3.8, 4) is 0 Å². The molecule has 8 bridgehead atoms. The number of nitrogens with zero attached hydrogens (tertiary/aromatic N) is 2. The van der Waals surface area contributed by atoms with Gasteiger partial charge in [0.15, 0.2) is 0 Å². The average Bonchev–Trinajstić information content (AvgIpc) is 3.78. The molecule has 5 aliphatic heterocycles. The molecule has 4 aliphatic carbocycles. The Kier molecular flexibility index (Phi) is 8.90. The Labute approximate surface area is 262 Å². The molecule has 42 heavy (non-hydrogen) atoms. The van der Waals surface area contributed by atoms with E-state index in [1.807, 2.05) is 0 Å². The van der Waals surface area contributed by atoms with Gasteiger partial charge in [0.1, 0.15) is 0 Å². The van der Waals surface area contributed by atoms with E-state index in [1.54, 1.807) is 0 Å². The van der Waals surface area contributed by atoms with Crippen LogP contribution in [0.3, 0.4) is 0 Å². The molecule has 0 amide bonds. The molecule has 10 heteroatoms. The molecule has 5 saturated heterocycles. The van der Waals surface area contributed by atoms with Crippen molar-refractivity contribution in [2.45, 2.75) is 152 Å². The van der Waals surface area contributed by atoms with Crippen LogP contribution < -0.4 is 31.9 Å². The van der Waals surface area contributed by atoms with Crippen LogP contribution in [-0.2, 0) is 21.0 Å². The van der Waals surface area contributed by atoms with E-state index >= 15 is 0 Å². The van der Waals surface area contributed by atoms with Crippen molar-refractivity contribution in [3.63, 3.8) is 0 Å². The Balaban J connectivity index is 0.00000131. The molecule has 9 rings (SSSR count). The van der Waals surface area contributed by atoms with Crippen LogP contribution >= 0.6 is 0 Å². The van der Waals surface area contributed by atoms with Crippen LogP contribution in [0.25, 0.3) is 10.6 Å². The number of hydrogen-bond acceptors (Lipinski definition) is 7. The number of fused-ring (bicyclic) bond motifs is 20. The normalized spacial score (nSPS) is 55.0. The van der Waals surface area contributed by atoms with Crippen molar-refractivity contribution in [3.05, 3.63) is 10.6 Å². The van der Waals surface area contributed by atoms with Gasteiger partial charge >= 0.3 is 21.0 Å². The molecule has 0 radical (unpaired) electrons. The summed E-state index contributed by atoms with van der Waals surface area (Å²) in [5.41, 5.74) is 0. The number of nitrogens with one attached hydrogen (secondary N) is 6. The monoisotopic (exact) mass is 617 g/mol. The topological polar surface area (TPSA) is 117 Å². The summed E-state index contributed by atoms with van der Waals surface area (Å²) in [6, 6.07) is 0. The van der Waals surface area contributed by atoms with Gasteiger partial charge < -0.3 is 31.9 Å². The first-order valence-electron chi connectivity index (χ1n) is 17.9. The molecular formula is C32H54N8OV. The molecule has 0 aromatic carbocycles. The molecule has 5 heterocycles. The maximum absolute atomic E-state index is 8.19. The first kappa shape index (κ1) is 29.5. The van der Waals surface area contributed by atoms with Gasteiger partial charge in [-0.1, -0.05) is 102 Å². The first-order valence-corrected chi connectivity index (χ1v) is 18.5. The molecule has 0 aromatic heterocycles. The second-order valence-corrected chi connectivity index (χ2v) is 15.4. The van der Waals surface area contributed by atoms with Crippen LogP contribution in [0.2, 0.25) is 0 Å². The summed E-state index contributed by atoms with van der Waals surface area (Å²) in [6.07, 6.45) is 24.5. The fourth-order valence-corrected chi connectivity index (χ4v) is 11.7. The summed E-state index contributed by atoms with van der Waals surface area (Å²) in [7, 11) is 0. The van der Waals surface area contributed by atoms with Crippen LogP contribution in [0.1, 0.15) is 103 Å². The quantitative estimate of drug-likeness (QED) is 0.243. The standard InChI is InChI=1S/C32H54N8.O.V/c1-2-10-18-17(9-1)25-33-26(18)38-28-21-13-5-6-14-22(21)30(35-28)40-32-24-16-8-7-15-23(24)31(36-32)39-29-20-12-4-3-11-19(20)27(34-29)37-25;;/h17-33,36-40H,1-16H2;;/q-2;;+2. The predicted octanol–water partition coefficient (Wildman–Crippen LogP) is 4.05. The van der Waals surface area contributed by atoms with E-state index in [1.165, 1.54) is 103 Å². The third kappa shape index (κ3) is 5.24. The summed E-state index contributed by atoms with van der Waals surface area (Å²) in [5.74, 6) is 5.59. The summed E-state index contributed by atoms with van der Waals surface area (Å²) in [4.78, 5) is 0. The zero-order chi connectivity index (χ0) is 28.2. The number of hydrogen-bond donors (Lipinski definition) is 6. The summed E-state index contributed by atoms with van der Waals surface area (Å²) in [5, 5.41) is 36.3. The van der Waals surface area contributed by atoms with Gasteiger partial charge in [-0.25, -0.2) is 0 Å². The van der Waals surface area contributed by atoms with Crippen molar-refractivity contribution < 1.29 is 21.0 Å². The van der Waals surface area contributed by atoms with Gasteiger partial charge in [0.2, 0.25) is 0 Å². The van der Waals surface area contributed by atoms with Gasteiger partial charge in [-0.3, -0.25) is 10.6 Å². The van der Waals surface area contributed by atoms with Crippen molar-refractivity contribution >= 4 is 0 Å². The third-order valence-corrected chi connectivity index (χ3v) is 13.6. The Morgan fingerprint density at radius 1 is 0.333 bits per heavy atom. The zero-order valence-electron chi connectivity index (χ0n) is 25.3. The molecule has 16 unspecified atom stereocenters. The Bertz CT molecular complexity index is 738. The summed E-state index contributed by atoms with van der Waals surface area (Å²) < 4.78 is 8.19. The molecule has 16 atom stereocenters. The summed E-state index contributed by atoms with van der Waals surface area (Å²) >= 11 is 1.06. The molecule has 9 fully saturated rings. The Morgan fingerprint density at radius 2 is 0.548 bits per heavy atom. The first-order chi connectivity index (χ1) is 20.8. The second kappa shape index (κ2) is 12.7. The predicted molar refractivity (Wildman–Crippen MR) is 158 cm³/mol.